The molecule has 0 radical (unpaired) electrons. The second kappa shape index (κ2) is 8.31. The molecule has 3 rings (SSSR count). The van der Waals surface area contributed by atoms with Crippen LogP contribution in [0.5, 0.6) is 0 Å². The maximum atomic E-state index is 6.87. The van der Waals surface area contributed by atoms with Crippen molar-refractivity contribution >= 4 is 140 Å². The molecule has 1 unspecified atom stereocenters. The number of rotatable bonds is 1. The van der Waals surface area contributed by atoms with E-state index in [0.29, 0.717) is 19.6 Å². The summed E-state index contributed by atoms with van der Waals surface area (Å²) in [6.45, 7) is 0.721. The summed E-state index contributed by atoms with van der Waals surface area (Å²) >= 11 is 57.0. The van der Waals surface area contributed by atoms with Crippen LogP contribution in [-0.2, 0) is 4.52 Å². The van der Waals surface area contributed by atoms with Crippen LogP contribution in [0.2, 0.25) is 0 Å². The van der Waals surface area contributed by atoms with E-state index in [1.54, 1.807) is 4.44 Å². The molecule has 0 aromatic carbocycles. The molecule has 0 aliphatic carbocycles. The van der Waals surface area contributed by atoms with Gasteiger partial charge in [-0.1, -0.05) is 0 Å². The maximum Gasteiger partial charge on any atom is 0.424 e. The molecular formula is C3H9Cl9N7OP6+3. The van der Waals surface area contributed by atoms with Crippen LogP contribution in [0, 0.1) is 0 Å². The zero-order valence-electron chi connectivity index (χ0n) is 11.9. The van der Waals surface area contributed by atoms with Crippen LogP contribution in [0.1, 0.15) is 6.42 Å². The summed E-state index contributed by atoms with van der Waals surface area (Å²) < 4.78 is 20.2. The minimum atomic E-state index is -3.26. The normalized spacial score (nSPS) is 37.3. The molecule has 2 fully saturated rings. The van der Waals surface area contributed by atoms with Gasteiger partial charge < -0.3 is 4.52 Å². The second-order valence-corrected chi connectivity index (χ2v) is 32.2. The van der Waals surface area contributed by atoms with Crippen molar-refractivity contribution in [2.24, 2.45) is 13.5 Å². The van der Waals surface area contributed by atoms with Crippen LogP contribution < -0.4 is 14.6 Å². The lowest BCUT2D eigenvalue weighted by Gasteiger charge is -2.40. The summed E-state index contributed by atoms with van der Waals surface area (Å²) in [7, 11) is -6.38. The number of nitrogens with zero attached hydrogens (tertiary/aromatic N) is 4. The standard InChI is InChI=1S/C3H9Cl9N7OP6/c4-21(5)13-22(6,7)16-25(12,15-21)19-2-1-3-20-26(19)17-23(8,9)14-24(10,11)18-26/h13,15-16H,1-3H2/q+3. The third-order valence-electron chi connectivity index (χ3n) is 2.82. The monoisotopic (exact) mass is 660 g/mol. The lowest BCUT2D eigenvalue weighted by molar-refractivity contribution is 0.279. The first kappa shape index (κ1) is 25.0. The predicted molar refractivity (Wildman–Crippen MR) is 128 cm³/mol. The van der Waals surface area contributed by atoms with Crippen LogP contribution in [-0.4, -0.2) is 17.6 Å². The first-order valence-corrected chi connectivity index (χ1v) is 24.7. The molecule has 1 atom stereocenters. The molecule has 3 aliphatic heterocycles. The molecule has 0 bridgehead atoms. The first-order valence-electron chi connectivity index (χ1n) is 6.25. The topological polar surface area (TPSA) is 85.6 Å². The minimum absolute atomic E-state index is 0.331. The summed E-state index contributed by atoms with van der Waals surface area (Å²) in [6.07, 6.45) is -5.38. The lowest BCUT2D eigenvalue weighted by atomic mass is 10.5. The third kappa shape index (κ3) is 5.84. The minimum Gasteiger partial charge on any atom is -0.313 e. The van der Waals surface area contributed by atoms with Gasteiger partial charge in [-0.3, -0.25) is 0 Å². The largest absolute Gasteiger partial charge is 0.424 e. The summed E-state index contributed by atoms with van der Waals surface area (Å²) in [6, 6.07) is 0. The summed E-state index contributed by atoms with van der Waals surface area (Å²) in [4.78, 5) is 8.63. The summed E-state index contributed by atoms with van der Waals surface area (Å²) in [5.41, 5.74) is 0. The van der Waals surface area contributed by atoms with Gasteiger partial charge in [0, 0.05) is 14.6 Å². The Hall–Kier alpha value is 4.39. The van der Waals surface area contributed by atoms with E-state index < -0.39 is 39.0 Å². The van der Waals surface area contributed by atoms with Crippen molar-refractivity contribution < 1.29 is 4.52 Å². The van der Waals surface area contributed by atoms with E-state index >= 15 is 0 Å². The average Bonchev–Trinajstić information content (AvgIpc) is 2.29. The Morgan fingerprint density at radius 3 is 1.88 bits per heavy atom. The van der Waals surface area contributed by atoms with Crippen molar-refractivity contribution in [3.63, 3.8) is 0 Å². The molecule has 3 N–H and O–H groups in total. The molecule has 8 nitrogen and oxygen atoms in total. The van der Waals surface area contributed by atoms with Gasteiger partial charge in [-0.2, -0.15) is 13.5 Å². The van der Waals surface area contributed by atoms with Gasteiger partial charge in [-0.15, -0.1) is 0 Å². The van der Waals surface area contributed by atoms with Crippen molar-refractivity contribution in [3.05, 3.63) is 0 Å². The van der Waals surface area contributed by atoms with Crippen LogP contribution in [0.25, 0.3) is 0 Å². The molecule has 0 amide bonds. The van der Waals surface area contributed by atoms with E-state index in [1.165, 1.54) is 0 Å². The molecule has 26 heavy (non-hydrogen) atoms. The van der Waals surface area contributed by atoms with Gasteiger partial charge in [0.05, 0.1) is 13.2 Å². The molecule has 0 saturated carbocycles. The third-order valence-corrected chi connectivity index (χ3v) is 30.5. The van der Waals surface area contributed by atoms with Crippen molar-refractivity contribution in [1.82, 2.24) is 19.0 Å². The number of hydrogen-bond acceptors (Lipinski definition) is 8. The predicted octanol–water partition coefficient (Wildman–Crippen LogP) is 10.5. The fourth-order valence-corrected chi connectivity index (χ4v) is 40.4. The van der Waals surface area contributed by atoms with E-state index in [-0.39, 0.29) is 0 Å². The van der Waals surface area contributed by atoms with E-state index in [1.807, 2.05) is 0 Å². The Bertz CT molecular complexity index is 752. The number of halogens is 9. The summed E-state index contributed by atoms with van der Waals surface area (Å²) in [5, 5.41) is 0. The molecule has 1 spiro atoms. The van der Waals surface area contributed by atoms with Gasteiger partial charge in [0.25, 0.3) is 11.8 Å². The number of hydrogen-bond donors (Lipinski definition) is 3. The van der Waals surface area contributed by atoms with Crippen molar-refractivity contribution in [2.45, 2.75) is 6.42 Å². The summed E-state index contributed by atoms with van der Waals surface area (Å²) in [5.74, 6) is -6.46. The fourth-order valence-electron chi connectivity index (χ4n) is 2.16. The molecule has 3 aliphatic rings. The Labute approximate surface area is 195 Å². The zero-order chi connectivity index (χ0) is 19.6. The molecule has 152 valence electrons. The van der Waals surface area contributed by atoms with Gasteiger partial charge >= 0.3 is 27.2 Å². The van der Waals surface area contributed by atoms with Crippen LogP contribution >= 0.6 is 140 Å². The van der Waals surface area contributed by atoms with E-state index in [4.69, 9.17) is 106 Å². The molecular weight excluding hydrogens is 655 g/mol. The molecule has 0 aromatic heterocycles. The highest BCUT2D eigenvalue weighted by Gasteiger charge is 2.76. The lowest BCUT2D eigenvalue weighted by Crippen LogP contribution is -2.42. The van der Waals surface area contributed by atoms with E-state index in [9.17, 15) is 0 Å². The second-order valence-electron chi connectivity index (χ2n) is 4.86. The smallest absolute Gasteiger partial charge is 0.313 e. The Morgan fingerprint density at radius 1 is 0.808 bits per heavy atom. The van der Waals surface area contributed by atoms with Crippen molar-refractivity contribution in [2.75, 3.05) is 13.2 Å². The van der Waals surface area contributed by atoms with Crippen LogP contribution in [0.15, 0.2) is 13.5 Å². The van der Waals surface area contributed by atoms with Gasteiger partial charge in [-0.05, 0) is 55.8 Å². The Morgan fingerprint density at radius 2 is 1.35 bits per heavy atom. The van der Waals surface area contributed by atoms with Gasteiger partial charge in [0.15, 0.2) is 56.2 Å². The Kier molecular flexibility index (Phi) is 8.00. The maximum absolute atomic E-state index is 6.87. The molecule has 2 saturated heterocycles. The fraction of sp³-hybridized carbons (Fsp3) is 1.00. The Balaban J connectivity index is 2.16. The van der Waals surface area contributed by atoms with Gasteiger partial charge in [0.1, 0.15) is 0 Å². The molecule has 23 heteroatoms. The highest BCUT2D eigenvalue weighted by atomic mass is 35.9. The van der Waals surface area contributed by atoms with E-state index in [0.717, 1.165) is 0 Å². The average molecular weight is 664 g/mol. The number of nitrogens with one attached hydrogen (secondary N) is 3. The van der Waals surface area contributed by atoms with Crippen molar-refractivity contribution in [1.29, 1.82) is 0 Å². The highest BCUT2D eigenvalue weighted by Crippen LogP contribution is 2.95. The van der Waals surface area contributed by atoms with Gasteiger partial charge in [-0.25, -0.2) is 0 Å². The molecule has 0 aromatic rings. The van der Waals surface area contributed by atoms with Crippen LogP contribution in [0.3, 0.4) is 0 Å². The van der Waals surface area contributed by atoms with Crippen molar-refractivity contribution in [3.8, 4) is 0 Å². The zero-order valence-corrected chi connectivity index (χ0v) is 24.1. The molecule has 3 heterocycles. The van der Waals surface area contributed by atoms with E-state index in [2.05, 4.69) is 28.1 Å². The highest BCUT2D eigenvalue weighted by molar-refractivity contribution is 8.33. The quantitative estimate of drug-likeness (QED) is 0.243. The van der Waals surface area contributed by atoms with Crippen LogP contribution in [0.4, 0.5) is 0 Å². The van der Waals surface area contributed by atoms with Gasteiger partial charge in [0.2, 0.25) is 0 Å². The SMILES string of the molecule is ClP1(Cl)=NP(Cl)(Cl)=NP2(=N1)OCCCN2[P+]1(Cl)N[P+](Cl)(Cl)N[P+](Cl)(Cl)N1. The first-order chi connectivity index (χ1) is 11.6.